The summed E-state index contributed by atoms with van der Waals surface area (Å²) < 4.78 is 10.5. The second-order valence-electron chi connectivity index (χ2n) is 10.3. The molecule has 3 aromatic rings. The van der Waals surface area contributed by atoms with Crippen LogP contribution in [0.2, 0.25) is 0 Å². The number of nitrogens with zero attached hydrogens (tertiary/aromatic N) is 2. The molecule has 0 saturated carbocycles. The molecule has 1 aliphatic heterocycles. The van der Waals surface area contributed by atoms with Crippen LogP contribution in [-0.2, 0) is 20.9 Å². The van der Waals surface area contributed by atoms with Crippen LogP contribution in [-0.4, -0.2) is 55.2 Å². The molecule has 2 atom stereocenters. The highest BCUT2D eigenvalue weighted by Crippen LogP contribution is 2.31. The zero-order valence-electron chi connectivity index (χ0n) is 23.6. The fourth-order valence-corrected chi connectivity index (χ4v) is 5.50. The molecule has 1 heterocycles. The van der Waals surface area contributed by atoms with E-state index in [0.29, 0.717) is 35.7 Å². The summed E-state index contributed by atoms with van der Waals surface area (Å²) in [4.78, 5) is 56.6. The summed E-state index contributed by atoms with van der Waals surface area (Å²) in [5.41, 5.74) is 2.03. The number of Topliss-reactive ketones (excluding diaryl/α,β-unsaturated/α-hetero) is 1. The van der Waals surface area contributed by atoms with Gasteiger partial charge < -0.3 is 19.7 Å². The van der Waals surface area contributed by atoms with Gasteiger partial charge in [-0.15, -0.1) is 0 Å². The third-order valence-corrected chi connectivity index (χ3v) is 7.72. The highest BCUT2D eigenvalue weighted by atomic mass is 16.5. The number of ketones is 1. The molecule has 5 rings (SSSR count). The summed E-state index contributed by atoms with van der Waals surface area (Å²) in [6.07, 6.45) is 6.24. The SMILES string of the molecule is COc1ccc(CN(C(=O)CN2C(=O)C(=O)c3ccccc32)C(C(=O)Nc2ccc(OC)cc2)C2CC=CCC2)cc1. The van der Waals surface area contributed by atoms with Gasteiger partial charge >= 0.3 is 0 Å². The highest BCUT2D eigenvalue weighted by molar-refractivity contribution is 6.52. The molecule has 0 radical (unpaired) electrons. The molecular weight excluding hydrogens is 534 g/mol. The van der Waals surface area contributed by atoms with Gasteiger partial charge in [0.05, 0.1) is 25.5 Å². The number of hydrogen-bond acceptors (Lipinski definition) is 6. The van der Waals surface area contributed by atoms with Crippen molar-refractivity contribution in [1.82, 2.24) is 4.90 Å². The van der Waals surface area contributed by atoms with Gasteiger partial charge in [0.15, 0.2) is 0 Å². The summed E-state index contributed by atoms with van der Waals surface area (Å²) in [7, 11) is 3.15. The van der Waals surface area contributed by atoms with Crippen LogP contribution in [0.25, 0.3) is 0 Å². The van der Waals surface area contributed by atoms with E-state index in [0.717, 1.165) is 12.0 Å². The predicted molar refractivity (Wildman–Crippen MR) is 159 cm³/mol. The maximum absolute atomic E-state index is 14.2. The molecule has 0 spiro atoms. The Balaban J connectivity index is 1.49. The first-order chi connectivity index (χ1) is 20.4. The van der Waals surface area contributed by atoms with Crippen LogP contribution in [0.15, 0.2) is 84.9 Å². The average Bonchev–Trinajstić information content (AvgIpc) is 3.26. The van der Waals surface area contributed by atoms with Crippen LogP contribution in [0.5, 0.6) is 11.5 Å². The van der Waals surface area contributed by atoms with E-state index in [2.05, 4.69) is 11.4 Å². The van der Waals surface area contributed by atoms with Gasteiger partial charge in [0.1, 0.15) is 24.1 Å². The Morgan fingerprint density at radius 1 is 0.929 bits per heavy atom. The monoisotopic (exact) mass is 567 g/mol. The van der Waals surface area contributed by atoms with Gasteiger partial charge in [0.25, 0.3) is 11.7 Å². The van der Waals surface area contributed by atoms with Crippen molar-refractivity contribution in [3.05, 3.63) is 96.1 Å². The largest absolute Gasteiger partial charge is 0.497 e. The molecule has 1 aliphatic carbocycles. The van der Waals surface area contributed by atoms with Crippen LogP contribution in [0.4, 0.5) is 11.4 Å². The minimum absolute atomic E-state index is 0.126. The van der Waals surface area contributed by atoms with Crippen molar-refractivity contribution in [2.24, 2.45) is 5.92 Å². The number of methoxy groups -OCH3 is 2. The first-order valence-electron chi connectivity index (χ1n) is 13.9. The smallest absolute Gasteiger partial charge is 0.299 e. The summed E-state index contributed by atoms with van der Waals surface area (Å²) in [6.45, 7) is -0.242. The normalized spacial score (nSPS) is 16.5. The molecule has 1 N–H and O–H groups in total. The van der Waals surface area contributed by atoms with Gasteiger partial charge in [-0.2, -0.15) is 0 Å². The third-order valence-electron chi connectivity index (χ3n) is 7.72. The number of carbonyl (C=O) groups is 4. The number of ether oxygens (including phenoxy) is 2. The van der Waals surface area contributed by atoms with Crippen molar-refractivity contribution < 1.29 is 28.7 Å². The Morgan fingerprint density at radius 3 is 2.24 bits per heavy atom. The molecule has 0 saturated heterocycles. The maximum atomic E-state index is 14.2. The van der Waals surface area contributed by atoms with Gasteiger partial charge in [-0.3, -0.25) is 24.1 Å². The fraction of sp³-hybridized carbons (Fsp3) is 0.273. The highest BCUT2D eigenvalue weighted by Gasteiger charge is 2.41. The Morgan fingerprint density at radius 2 is 1.60 bits per heavy atom. The lowest BCUT2D eigenvalue weighted by Crippen LogP contribution is -2.54. The van der Waals surface area contributed by atoms with Crippen LogP contribution in [0.3, 0.4) is 0 Å². The Hall–Kier alpha value is -4.92. The minimum Gasteiger partial charge on any atom is -0.497 e. The van der Waals surface area contributed by atoms with Crippen molar-refractivity contribution in [2.75, 3.05) is 31.0 Å². The van der Waals surface area contributed by atoms with Crippen LogP contribution in [0, 0.1) is 5.92 Å². The van der Waals surface area contributed by atoms with Crippen molar-refractivity contribution >= 4 is 34.9 Å². The summed E-state index contributed by atoms with van der Waals surface area (Å²) >= 11 is 0. The van der Waals surface area contributed by atoms with Crippen molar-refractivity contribution in [3.8, 4) is 11.5 Å². The molecule has 9 nitrogen and oxygen atoms in total. The molecule has 3 amide bonds. The van der Waals surface area contributed by atoms with Crippen LogP contribution in [0.1, 0.15) is 35.2 Å². The lowest BCUT2D eigenvalue weighted by Gasteiger charge is -2.37. The number of rotatable bonds is 10. The third kappa shape index (κ3) is 6.05. The molecule has 216 valence electrons. The number of amides is 3. The van der Waals surface area contributed by atoms with Gasteiger partial charge in [-0.25, -0.2) is 0 Å². The van der Waals surface area contributed by atoms with Crippen molar-refractivity contribution in [3.63, 3.8) is 0 Å². The van der Waals surface area contributed by atoms with E-state index >= 15 is 0 Å². The first-order valence-corrected chi connectivity index (χ1v) is 13.9. The lowest BCUT2D eigenvalue weighted by molar-refractivity contribution is -0.140. The second kappa shape index (κ2) is 12.7. The first kappa shape index (κ1) is 28.6. The number of hydrogen-bond donors (Lipinski definition) is 1. The van der Waals surface area contributed by atoms with Crippen LogP contribution >= 0.6 is 0 Å². The summed E-state index contributed by atoms with van der Waals surface area (Å²) in [5.74, 6) is -0.998. The number of fused-ring (bicyclic) bond motifs is 1. The Labute approximate surface area is 244 Å². The van der Waals surface area contributed by atoms with E-state index in [-0.39, 0.29) is 30.5 Å². The Bertz CT molecular complexity index is 1500. The number of anilines is 2. The molecule has 0 aromatic heterocycles. The second-order valence-corrected chi connectivity index (χ2v) is 10.3. The van der Waals surface area contributed by atoms with E-state index in [1.807, 2.05) is 18.2 Å². The number of nitrogens with one attached hydrogen (secondary N) is 1. The number of benzene rings is 3. The van der Waals surface area contributed by atoms with Crippen molar-refractivity contribution in [2.45, 2.75) is 31.8 Å². The Kier molecular flexibility index (Phi) is 8.66. The topological polar surface area (TPSA) is 105 Å². The van der Waals surface area contributed by atoms with Crippen molar-refractivity contribution in [1.29, 1.82) is 0 Å². The predicted octanol–water partition coefficient (Wildman–Crippen LogP) is 4.63. The average molecular weight is 568 g/mol. The molecule has 42 heavy (non-hydrogen) atoms. The van der Waals surface area contributed by atoms with Gasteiger partial charge in [0.2, 0.25) is 11.8 Å². The van der Waals surface area contributed by atoms with E-state index in [9.17, 15) is 19.2 Å². The molecule has 0 bridgehead atoms. The zero-order valence-corrected chi connectivity index (χ0v) is 23.6. The van der Waals surface area contributed by atoms with Gasteiger partial charge in [-0.05, 0) is 79.3 Å². The van der Waals surface area contributed by atoms with Gasteiger partial charge in [-0.1, -0.05) is 36.4 Å². The molecule has 3 aromatic carbocycles. The number of allylic oxidation sites excluding steroid dienone is 2. The molecule has 9 heteroatoms. The van der Waals surface area contributed by atoms with E-state index < -0.39 is 23.6 Å². The molecule has 2 aliphatic rings. The quantitative estimate of drug-likeness (QED) is 0.283. The molecular formula is C33H33N3O6. The zero-order chi connectivity index (χ0) is 29.6. The summed E-state index contributed by atoms with van der Waals surface area (Å²) in [5, 5.41) is 2.99. The minimum atomic E-state index is -0.838. The van der Waals surface area contributed by atoms with Crippen LogP contribution < -0.4 is 19.7 Å². The standard InChI is InChI=1S/C33H33N3O6/c1-41-25-16-12-22(13-17-25)20-36(29(37)21-35-28-11-7-6-10-27(28)31(38)33(35)40)30(23-8-4-3-5-9-23)32(39)34-24-14-18-26(42-2)19-15-24/h3-4,6-7,10-19,23,30H,5,8-9,20-21H2,1-2H3,(H,34,39). The number of carbonyl (C=O) groups excluding carboxylic acids is 4. The summed E-state index contributed by atoms with van der Waals surface area (Å²) in [6, 6.07) is 20.1. The van der Waals surface area contributed by atoms with Gasteiger partial charge in [0, 0.05) is 12.2 Å². The molecule has 0 fully saturated rings. The molecule has 2 unspecified atom stereocenters. The van der Waals surface area contributed by atoms with E-state index in [1.165, 1.54) is 4.90 Å². The lowest BCUT2D eigenvalue weighted by atomic mass is 9.85. The maximum Gasteiger partial charge on any atom is 0.299 e. The number of para-hydroxylation sites is 1. The van der Waals surface area contributed by atoms with E-state index in [4.69, 9.17) is 9.47 Å². The fourth-order valence-electron chi connectivity index (χ4n) is 5.50. The van der Waals surface area contributed by atoms with E-state index in [1.54, 1.807) is 79.8 Å².